The minimum Gasteiger partial charge on any atom is -0.426 e. The lowest BCUT2D eigenvalue weighted by molar-refractivity contribution is -0.131. The molecule has 74 valence electrons. The Morgan fingerprint density at radius 1 is 1.36 bits per heavy atom. The van der Waals surface area contributed by atoms with Gasteiger partial charge in [0.15, 0.2) is 0 Å². The van der Waals surface area contributed by atoms with Gasteiger partial charge in [0, 0.05) is 6.92 Å². The first-order chi connectivity index (χ1) is 6.77. The van der Waals surface area contributed by atoms with Crippen molar-refractivity contribution in [3.8, 4) is 5.75 Å². The molecule has 1 aliphatic rings. The maximum Gasteiger partial charge on any atom is 0.308 e. The van der Waals surface area contributed by atoms with Gasteiger partial charge in [-0.05, 0) is 30.4 Å². The molecular formula is C12H14O2. The van der Waals surface area contributed by atoms with Gasteiger partial charge in [-0.15, -0.1) is 0 Å². The van der Waals surface area contributed by atoms with Gasteiger partial charge in [-0.2, -0.15) is 0 Å². The minimum absolute atomic E-state index is 0.239. The Kier molecular flexibility index (Phi) is 2.53. The lowest BCUT2D eigenvalue weighted by atomic mass is 9.80. The van der Waals surface area contributed by atoms with Crippen LogP contribution in [-0.2, 0) is 4.79 Å². The van der Waals surface area contributed by atoms with Crippen molar-refractivity contribution in [2.45, 2.75) is 32.1 Å². The van der Waals surface area contributed by atoms with Crippen molar-refractivity contribution < 1.29 is 9.53 Å². The smallest absolute Gasteiger partial charge is 0.308 e. The Morgan fingerprint density at radius 3 is 2.64 bits per heavy atom. The fourth-order valence-electron chi connectivity index (χ4n) is 1.78. The molecule has 2 nitrogen and oxygen atoms in total. The molecule has 1 saturated carbocycles. The van der Waals surface area contributed by atoms with Gasteiger partial charge in [0.1, 0.15) is 5.75 Å². The van der Waals surface area contributed by atoms with Crippen LogP contribution in [0.5, 0.6) is 5.75 Å². The molecule has 1 aromatic carbocycles. The molecule has 0 heterocycles. The molecule has 0 spiro atoms. The van der Waals surface area contributed by atoms with Crippen LogP contribution in [0.25, 0.3) is 0 Å². The molecule has 0 amide bonds. The summed E-state index contributed by atoms with van der Waals surface area (Å²) in [6.45, 7) is 1.44. The van der Waals surface area contributed by atoms with Crippen molar-refractivity contribution in [1.29, 1.82) is 0 Å². The summed E-state index contributed by atoms with van der Waals surface area (Å²) in [4.78, 5) is 10.9. The van der Waals surface area contributed by atoms with Gasteiger partial charge in [0.25, 0.3) is 0 Å². The van der Waals surface area contributed by atoms with E-state index in [1.807, 2.05) is 18.2 Å². The topological polar surface area (TPSA) is 26.3 Å². The molecular weight excluding hydrogens is 176 g/mol. The van der Waals surface area contributed by atoms with Crippen LogP contribution in [-0.4, -0.2) is 5.97 Å². The molecule has 2 heteroatoms. The zero-order chi connectivity index (χ0) is 9.97. The van der Waals surface area contributed by atoms with Gasteiger partial charge < -0.3 is 4.74 Å². The zero-order valence-electron chi connectivity index (χ0n) is 8.32. The number of hydrogen-bond acceptors (Lipinski definition) is 2. The lowest BCUT2D eigenvalue weighted by Crippen LogP contribution is -2.12. The molecule has 1 aromatic rings. The molecule has 1 aliphatic carbocycles. The molecule has 1 fully saturated rings. The summed E-state index contributed by atoms with van der Waals surface area (Å²) in [5.41, 5.74) is 1.19. The molecule has 0 atom stereocenters. The van der Waals surface area contributed by atoms with E-state index in [9.17, 15) is 4.79 Å². The molecule has 14 heavy (non-hydrogen) atoms. The fraction of sp³-hybridized carbons (Fsp3) is 0.417. The highest BCUT2D eigenvalue weighted by atomic mass is 16.5. The summed E-state index contributed by atoms with van der Waals surface area (Å²) in [7, 11) is 0. The lowest BCUT2D eigenvalue weighted by Gasteiger charge is -2.27. The largest absolute Gasteiger partial charge is 0.426 e. The Balaban J connectivity index is 2.23. The SMILES string of the molecule is CC(=O)Oc1ccccc1C1CCC1. The highest BCUT2D eigenvalue weighted by molar-refractivity contribution is 5.69. The van der Waals surface area contributed by atoms with Crippen molar-refractivity contribution in [1.82, 2.24) is 0 Å². The van der Waals surface area contributed by atoms with Crippen molar-refractivity contribution in [3.05, 3.63) is 29.8 Å². The van der Waals surface area contributed by atoms with E-state index >= 15 is 0 Å². The van der Waals surface area contributed by atoms with Crippen molar-refractivity contribution in [3.63, 3.8) is 0 Å². The summed E-state index contributed by atoms with van der Waals surface area (Å²) in [6.07, 6.45) is 3.73. The van der Waals surface area contributed by atoms with Gasteiger partial charge in [-0.25, -0.2) is 0 Å². The predicted molar refractivity (Wildman–Crippen MR) is 54.3 cm³/mol. The van der Waals surface area contributed by atoms with E-state index in [1.165, 1.54) is 31.7 Å². The summed E-state index contributed by atoms with van der Waals surface area (Å²) < 4.78 is 5.16. The van der Waals surface area contributed by atoms with Crippen LogP contribution in [0.1, 0.15) is 37.7 Å². The molecule has 0 radical (unpaired) electrons. The first-order valence-corrected chi connectivity index (χ1v) is 5.04. The number of para-hydroxylation sites is 1. The van der Waals surface area contributed by atoms with Gasteiger partial charge in [-0.1, -0.05) is 24.6 Å². The highest BCUT2D eigenvalue weighted by Crippen LogP contribution is 2.40. The number of ether oxygens (including phenoxy) is 1. The molecule has 2 rings (SSSR count). The summed E-state index contributed by atoms with van der Waals surface area (Å²) in [6, 6.07) is 7.83. The van der Waals surface area contributed by atoms with Crippen LogP contribution < -0.4 is 4.74 Å². The van der Waals surface area contributed by atoms with Gasteiger partial charge in [0.2, 0.25) is 0 Å². The average molecular weight is 190 g/mol. The third kappa shape index (κ3) is 1.79. The first kappa shape index (κ1) is 9.25. The van der Waals surface area contributed by atoms with Crippen LogP contribution in [0, 0.1) is 0 Å². The Bertz CT molecular complexity index is 340. The molecule has 0 bridgehead atoms. The monoisotopic (exact) mass is 190 g/mol. The van der Waals surface area contributed by atoms with E-state index in [0.29, 0.717) is 5.92 Å². The Morgan fingerprint density at radius 2 is 2.07 bits per heavy atom. The summed E-state index contributed by atoms with van der Waals surface area (Å²) >= 11 is 0. The number of carbonyl (C=O) groups excluding carboxylic acids is 1. The number of rotatable bonds is 2. The Hall–Kier alpha value is -1.31. The van der Waals surface area contributed by atoms with Crippen molar-refractivity contribution in [2.75, 3.05) is 0 Å². The third-order valence-corrected chi connectivity index (χ3v) is 2.72. The second-order valence-corrected chi connectivity index (χ2v) is 3.76. The second-order valence-electron chi connectivity index (χ2n) is 3.76. The minimum atomic E-state index is -0.239. The zero-order valence-corrected chi connectivity index (χ0v) is 8.32. The van der Waals surface area contributed by atoms with Crippen molar-refractivity contribution >= 4 is 5.97 Å². The van der Waals surface area contributed by atoms with Crippen molar-refractivity contribution in [2.24, 2.45) is 0 Å². The van der Waals surface area contributed by atoms with E-state index in [4.69, 9.17) is 4.74 Å². The second kappa shape index (κ2) is 3.82. The number of carbonyl (C=O) groups is 1. The van der Waals surface area contributed by atoms with Crippen LogP contribution in [0.2, 0.25) is 0 Å². The van der Waals surface area contributed by atoms with Gasteiger partial charge in [-0.3, -0.25) is 4.79 Å². The maximum absolute atomic E-state index is 10.9. The van der Waals surface area contributed by atoms with E-state index in [0.717, 1.165) is 5.75 Å². The molecule has 0 aromatic heterocycles. The summed E-state index contributed by atoms with van der Waals surface area (Å²) in [5.74, 6) is 1.10. The standard InChI is InChI=1S/C12H14O2/c1-9(13)14-12-8-3-2-7-11(12)10-5-4-6-10/h2-3,7-8,10H,4-6H2,1H3. The average Bonchev–Trinajstić information content (AvgIpc) is 2.04. The number of hydrogen-bond donors (Lipinski definition) is 0. The fourth-order valence-corrected chi connectivity index (χ4v) is 1.78. The Labute approximate surface area is 83.9 Å². The van der Waals surface area contributed by atoms with E-state index < -0.39 is 0 Å². The van der Waals surface area contributed by atoms with Gasteiger partial charge in [0.05, 0.1) is 0 Å². The van der Waals surface area contributed by atoms with Crippen LogP contribution >= 0.6 is 0 Å². The molecule has 0 N–H and O–H groups in total. The number of benzene rings is 1. The highest BCUT2D eigenvalue weighted by Gasteiger charge is 2.22. The van der Waals surface area contributed by atoms with E-state index in [2.05, 4.69) is 6.07 Å². The molecule has 0 saturated heterocycles. The molecule has 0 aliphatic heterocycles. The normalized spacial score (nSPS) is 16.1. The van der Waals surface area contributed by atoms with E-state index in [1.54, 1.807) is 0 Å². The van der Waals surface area contributed by atoms with Crippen LogP contribution in [0.4, 0.5) is 0 Å². The first-order valence-electron chi connectivity index (χ1n) is 5.04. The molecule has 0 unspecified atom stereocenters. The maximum atomic E-state index is 10.9. The van der Waals surface area contributed by atoms with E-state index in [-0.39, 0.29) is 5.97 Å². The van der Waals surface area contributed by atoms with Gasteiger partial charge >= 0.3 is 5.97 Å². The number of esters is 1. The summed E-state index contributed by atoms with van der Waals surface area (Å²) in [5, 5.41) is 0. The predicted octanol–water partition coefficient (Wildman–Crippen LogP) is 2.88. The van der Waals surface area contributed by atoms with Crippen LogP contribution in [0.15, 0.2) is 24.3 Å². The quantitative estimate of drug-likeness (QED) is 0.529. The van der Waals surface area contributed by atoms with Crippen LogP contribution in [0.3, 0.4) is 0 Å². The third-order valence-electron chi connectivity index (χ3n) is 2.72.